The average molecular weight is 236 g/mol. The summed E-state index contributed by atoms with van der Waals surface area (Å²) in [6, 6.07) is 6.00. The molecule has 0 spiro atoms. The van der Waals surface area contributed by atoms with Crippen molar-refractivity contribution in [3.8, 4) is 0 Å². The molecule has 92 valence electrons. The second kappa shape index (κ2) is 6.78. The van der Waals surface area contributed by atoms with Crippen LogP contribution in [0.25, 0.3) is 0 Å². The van der Waals surface area contributed by atoms with Crippen molar-refractivity contribution in [2.24, 2.45) is 5.10 Å². The number of carbonyl (C=O) groups is 1. The Morgan fingerprint density at radius 3 is 2.59 bits per heavy atom. The Morgan fingerprint density at radius 1 is 1.35 bits per heavy atom. The van der Waals surface area contributed by atoms with Crippen LogP contribution in [0.2, 0.25) is 0 Å². The van der Waals surface area contributed by atoms with E-state index in [-0.39, 0.29) is 11.7 Å². The summed E-state index contributed by atoms with van der Waals surface area (Å²) in [6.07, 6.45) is 2.32. The Kier molecular flexibility index (Phi) is 5.33. The maximum absolute atomic E-state index is 12.7. The Labute approximate surface area is 101 Å². The number of hydrogen-bond donors (Lipinski definition) is 1. The first-order valence-electron chi connectivity index (χ1n) is 5.72. The zero-order chi connectivity index (χ0) is 12.7. The molecule has 0 heterocycles. The molecule has 0 aliphatic carbocycles. The van der Waals surface area contributed by atoms with Crippen LogP contribution in [-0.2, 0) is 4.79 Å². The van der Waals surface area contributed by atoms with Crippen LogP contribution in [0.5, 0.6) is 0 Å². The molecule has 0 atom stereocenters. The van der Waals surface area contributed by atoms with Crippen molar-refractivity contribution in [2.75, 3.05) is 0 Å². The van der Waals surface area contributed by atoms with E-state index in [1.807, 2.05) is 6.92 Å². The number of hydrogen-bond acceptors (Lipinski definition) is 2. The summed E-state index contributed by atoms with van der Waals surface area (Å²) in [5.41, 5.74) is 3.94. The molecule has 0 saturated carbocycles. The predicted molar refractivity (Wildman–Crippen MR) is 66.3 cm³/mol. The first kappa shape index (κ1) is 13.4. The van der Waals surface area contributed by atoms with Crippen molar-refractivity contribution in [3.63, 3.8) is 0 Å². The van der Waals surface area contributed by atoms with Crippen LogP contribution in [0.4, 0.5) is 4.39 Å². The summed E-state index contributed by atoms with van der Waals surface area (Å²) in [6.45, 7) is 3.80. The molecule has 4 heteroatoms. The number of hydrazone groups is 1. The third kappa shape index (κ3) is 4.76. The molecule has 17 heavy (non-hydrogen) atoms. The van der Waals surface area contributed by atoms with E-state index in [0.29, 0.717) is 12.1 Å². The van der Waals surface area contributed by atoms with Gasteiger partial charge in [0.05, 0.1) is 5.71 Å². The zero-order valence-corrected chi connectivity index (χ0v) is 10.2. The van der Waals surface area contributed by atoms with Crippen LogP contribution < -0.4 is 5.43 Å². The Bertz CT molecular complexity index is 398. The van der Waals surface area contributed by atoms with Crippen LogP contribution in [0, 0.1) is 5.82 Å². The van der Waals surface area contributed by atoms with E-state index in [4.69, 9.17) is 0 Å². The number of amides is 1. The van der Waals surface area contributed by atoms with Gasteiger partial charge in [0.1, 0.15) is 5.82 Å². The van der Waals surface area contributed by atoms with E-state index in [2.05, 4.69) is 10.5 Å². The lowest BCUT2D eigenvalue weighted by Crippen LogP contribution is -2.18. The minimum absolute atomic E-state index is 0.0895. The lowest BCUT2D eigenvalue weighted by molar-refractivity contribution is -0.121. The van der Waals surface area contributed by atoms with Crippen molar-refractivity contribution in [2.45, 2.75) is 33.1 Å². The first-order valence-corrected chi connectivity index (χ1v) is 5.72. The number of carbonyl (C=O) groups excluding carboxylic acids is 1. The van der Waals surface area contributed by atoms with Gasteiger partial charge in [-0.2, -0.15) is 5.10 Å². The Morgan fingerprint density at radius 2 is 2.00 bits per heavy atom. The van der Waals surface area contributed by atoms with Crippen molar-refractivity contribution in [1.82, 2.24) is 5.43 Å². The van der Waals surface area contributed by atoms with E-state index in [1.54, 1.807) is 19.1 Å². The largest absolute Gasteiger partial charge is 0.273 e. The molecule has 0 radical (unpaired) electrons. The van der Waals surface area contributed by atoms with Gasteiger partial charge in [-0.25, -0.2) is 9.82 Å². The van der Waals surface area contributed by atoms with Gasteiger partial charge >= 0.3 is 0 Å². The van der Waals surface area contributed by atoms with Gasteiger partial charge < -0.3 is 0 Å². The molecule has 0 aromatic heterocycles. The summed E-state index contributed by atoms with van der Waals surface area (Å²) in [4.78, 5) is 11.3. The molecule has 3 nitrogen and oxygen atoms in total. The zero-order valence-electron chi connectivity index (χ0n) is 10.2. The van der Waals surface area contributed by atoms with Gasteiger partial charge in [-0.15, -0.1) is 0 Å². The number of nitrogens with zero attached hydrogens (tertiary/aromatic N) is 1. The van der Waals surface area contributed by atoms with Gasteiger partial charge in [0.15, 0.2) is 0 Å². The normalized spacial score (nSPS) is 11.4. The lowest BCUT2D eigenvalue weighted by atomic mass is 10.1. The highest BCUT2D eigenvalue weighted by Gasteiger charge is 2.00. The smallest absolute Gasteiger partial charge is 0.240 e. The van der Waals surface area contributed by atoms with Crippen molar-refractivity contribution >= 4 is 11.6 Å². The molecule has 1 rings (SSSR count). The molecule has 1 amide bonds. The van der Waals surface area contributed by atoms with E-state index in [9.17, 15) is 9.18 Å². The number of unbranched alkanes of at least 4 members (excludes halogenated alkanes) is 1. The minimum atomic E-state index is -0.284. The van der Waals surface area contributed by atoms with Crippen LogP contribution in [0.1, 0.15) is 38.7 Å². The second-order valence-electron chi connectivity index (χ2n) is 3.84. The standard InChI is InChI=1S/C13H17FN2O/c1-3-4-5-13(17)16-15-10(2)11-6-8-12(14)9-7-11/h6-9H,3-5H2,1-2H3,(H,16,17). The molecule has 0 saturated heterocycles. The lowest BCUT2D eigenvalue weighted by Gasteiger charge is -2.02. The SMILES string of the molecule is CCCCC(=O)NN=C(C)c1ccc(F)cc1. The van der Waals surface area contributed by atoms with Crippen LogP contribution in [0.3, 0.4) is 0 Å². The molecular formula is C13H17FN2O. The molecular weight excluding hydrogens is 219 g/mol. The van der Waals surface area contributed by atoms with Crippen molar-refractivity contribution < 1.29 is 9.18 Å². The first-order chi connectivity index (χ1) is 8.13. The Hall–Kier alpha value is -1.71. The molecule has 0 aliphatic heterocycles. The molecule has 0 fully saturated rings. The minimum Gasteiger partial charge on any atom is -0.273 e. The summed E-state index contributed by atoms with van der Waals surface area (Å²) < 4.78 is 12.7. The van der Waals surface area contributed by atoms with Gasteiger partial charge in [-0.1, -0.05) is 25.5 Å². The molecule has 1 N–H and O–H groups in total. The van der Waals surface area contributed by atoms with Crippen molar-refractivity contribution in [3.05, 3.63) is 35.6 Å². The number of benzene rings is 1. The fraction of sp³-hybridized carbons (Fsp3) is 0.385. The fourth-order valence-electron chi connectivity index (χ4n) is 1.30. The number of halogens is 1. The molecule has 1 aromatic carbocycles. The topological polar surface area (TPSA) is 41.5 Å². The number of rotatable bonds is 5. The van der Waals surface area contributed by atoms with E-state index >= 15 is 0 Å². The average Bonchev–Trinajstić information content (AvgIpc) is 2.34. The van der Waals surface area contributed by atoms with Crippen molar-refractivity contribution in [1.29, 1.82) is 0 Å². The van der Waals surface area contributed by atoms with Gasteiger partial charge in [0, 0.05) is 6.42 Å². The highest BCUT2D eigenvalue weighted by atomic mass is 19.1. The monoisotopic (exact) mass is 236 g/mol. The predicted octanol–water partition coefficient (Wildman–Crippen LogP) is 2.86. The molecule has 0 aliphatic rings. The summed E-state index contributed by atoms with van der Waals surface area (Å²) in [5, 5.41) is 3.97. The summed E-state index contributed by atoms with van der Waals surface area (Å²) >= 11 is 0. The van der Waals surface area contributed by atoms with Gasteiger partial charge in [0.2, 0.25) is 5.91 Å². The van der Waals surface area contributed by atoms with Crippen LogP contribution in [0.15, 0.2) is 29.4 Å². The quantitative estimate of drug-likeness (QED) is 0.620. The van der Waals surface area contributed by atoms with Gasteiger partial charge in [-0.3, -0.25) is 4.79 Å². The molecule has 0 bridgehead atoms. The van der Waals surface area contributed by atoms with Crippen LogP contribution in [-0.4, -0.2) is 11.6 Å². The third-order valence-corrected chi connectivity index (χ3v) is 2.37. The van der Waals surface area contributed by atoms with Gasteiger partial charge in [-0.05, 0) is 31.0 Å². The maximum Gasteiger partial charge on any atom is 0.240 e. The highest BCUT2D eigenvalue weighted by Crippen LogP contribution is 2.04. The maximum atomic E-state index is 12.7. The fourth-order valence-corrected chi connectivity index (χ4v) is 1.30. The van der Waals surface area contributed by atoms with E-state index in [1.165, 1.54) is 12.1 Å². The Balaban J connectivity index is 2.54. The van der Waals surface area contributed by atoms with E-state index in [0.717, 1.165) is 18.4 Å². The molecule has 1 aromatic rings. The summed E-state index contributed by atoms with van der Waals surface area (Å²) in [7, 11) is 0. The van der Waals surface area contributed by atoms with Crippen LogP contribution >= 0.6 is 0 Å². The highest BCUT2D eigenvalue weighted by molar-refractivity contribution is 5.99. The third-order valence-electron chi connectivity index (χ3n) is 2.37. The molecule has 0 unspecified atom stereocenters. The summed E-state index contributed by atoms with van der Waals surface area (Å²) in [5.74, 6) is -0.373. The van der Waals surface area contributed by atoms with Gasteiger partial charge in [0.25, 0.3) is 0 Å². The van der Waals surface area contributed by atoms with E-state index < -0.39 is 0 Å². The number of nitrogens with one attached hydrogen (secondary N) is 1. The second-order valence-corrected chi connectivity index (χ2v) is 3.84.